The van der Waals surface area contributed by atoms with Gasteiger partial charge in [-0.25, -0.2) is 0 Å². The fourth-order valence-electron chi connectivity index (χ4n) is 2.12. The van der Waals surface area contributed by atoms with E-state index in [1.54, 1.807) is 19.2 Å². The van der Waals surface area contributed by atoms with Gasteiger partial charge in [-0.2, -0.15) is 0 Å². The number of imide groups is 1. The zero-order valence-corrected chi connectivity index (χ0v) is 10.8. The second kappa shape index (κ2) is 5.17. The molecule has 0 saturated carbocycles. The average Bonchev–Trinajstić information content (AvgIpc) is 2.37. The summed E-state index contributed by atoms with van der Waals surface area (Å²) in [5.74, 6) is -1.22. The van der Waals surface area contributed by atoms with Crippen LogP contribution in [0.3, 0.4) is 0 Å². The van der Waals surface area contributed by atoms with Crippen LogP contribution in [0.15, 0.2) is 18.5 Å². The molecule has 0 aromatic carbocycles. The monoisotopic (exact) mass is 261 g/mol. The Bertz CT molecular complexity index is 542. The van der Waals surface area contributed by atoms with Crippen LogP contribution in [0.2, 0.25) is 0 Å². The fourth-order valence-corrected chi connectivity index (χ4v) is 2.12. The maximum Gasteiger partial charge on any atom is 0.256 e. The molecule has 2 rings (SSSR count). The van der Waals surface area contributed by atoms with Gasteiger partial charge in [0, 0.05) is 12.4 Å². The van der Waals surface area contributed by atoms with E-state index in [1.807, 2.05) is 6.92 Å². The van der Waals surface area contributed by atoms with Gasteiger partial charge in [-0.05, 0) is 25.0 Å². The molecule has 0 aliphatic carbocycles. The minimum Gasteiger partial charge on any atom is -0.317 e. The normalized spacial score (nSPS) is 19.3. The molecule has 1 aliphatic heterocycles. The summed E-state index contributed by atoms with van der Waals surface area (Å²) in [6.45, 7) is 3.53. The second-order valence-electron chi connectivity index (χ2n) is 4.52. The third-order valence-corrected chi connectivity index (χ3v) is 3.02. The van der Waals surface area contributed by atoms with Crippen LogP contribution in [0.1, 0.15) is 29.3 Å². The first-order valence-electron chi connectivity index (χ1n) is 6.09. The van der Waals surface area contributed by atoms with Crippen molar-refractivity contribution in [3.05, 3.63) is 29.6 Å². The Kier molecular flexibility index (Phi) is 3.59. The van der Waals surface area contributed by atoms with Crippen LogP contribution in [-0.2, 0) is 9.59 Å². The van der Waals surface area contributed by atoms with Crippen LogP contribution in [0.5, 0.6) is 0 Å². The number of hydrogen-bond acceptors (Lipinski definition) is 4. The Morgan fingerprint density at radius 1 is 1.47 bits per heavy atom. The fraction of sp³-hybridized carbons (Fsp3) is 0.385. The maximum atomic E-state index is 12.4. The van der Waals surface area contributed by atoms with Crippen molar-refractivity contribution < 1.29 is 14.4 Å². The molecule has 1 fully saturated rings. The molecule has 1 saturated heterocycles. The van der Waals surface area contributed by atoms with Crippen molar-refractivity contribution in [2.45, 2.75) is 26.3 Å². The molecule has 1 atom stereocenters. The summed E-state index contributed by atoms with van der Waals surface area (Å²) < 4.78 is 0. The van der Waals surface area contributed by atoms with Gasteiger partial charge < -0.3 is 4.90 Å². The summed E-state index contributed by atoms with van der Waals surface area (Å²) in [5, 5.41) is 2.24. The predicted octanol–water partition coefficient (Wildman–Crippen LogP) is 0.267. The van der Waals surface area contributed by atoms with Crippen LogP contribution >= 0.6 is 0 Å². The van der Waals surface area contributed by atoms with Gasteiger partial charge in [0.2, 0.25) is 11.8 Å². The Labute approximate surface area is 110 Å². The van der Waals surface area contributed by atoms with Gasteiger partial charge >= 0.3 is 0 Å². The predicted molar refractivity (Wildman–Crippen MR) is 67.2 cm³/mol. The van der Waals surface area contributed by atoms with Crippen molar-refractivity contribution in [3.63, 3.8) is 0 Å². The quantitative estimate of drug-likeness (QED) is 0.775. The molecule has 1 aliphatic rings. The lowest BCUT2D eigenvalue weighted by molar-refractivity contribution is -0.138. The Morgan fingerprint density at radius 3 is 2.84 bits per heavy atom. The molecule has 1 aromatic heterocycles. The molecule has 19 heavy (non-hydrogen) atoms. The molecule has 1 N–H and O–H groups in total. The number of amides is 3. The van der Waals surface area contributed by atoms with Crippen molar-refractivity contribution in [1.29, 1.82) is 0 Å². The molecule has 3 amide bonds. The van der Waals surface area contributed by atoms with E-state index in [0.29, 0.717) is 12.0 Å². The van der Waals surface area contributed by atoms with Crippen LogP contribution in [0.25, 0.3) is 0 Å². The molecule has 0 radical (unpaired) electrons. The van der Waals surface area contributed by atoms with Gasteiger partial charge in [0.1, 0.15) is 12.6 Å². The smallest absolute Gasteiger partial charge is 0.256 e. The van der Waals surface area contributed by atoms with Gasteiger partial charge in [0.15, 0.2) is 0 Å². The van der Waals surface area contributed by atoms with Crippen LogP contribution in [-0.4, -0.2) is 40.2 Å². The maximum absolute atomic E-state index is 12.4. The van der Waals surface area contributed by atoms with E-state index in [9.17, 15) is 14.4 Å². The molecule has 0 bridgehead atoms. The van der Waals surface area contributed by atoms with E-state index < -0.39 is 17.9 Å². The standard InChI is InChI=1S/C13H15N3O3/c1-3-10-12(18)15-11(17)7-16(10)13(19)9-4-8(2)5-14-6-9/h4-6,10H,3,7H2,1-2H3,(H,15,17,18). The van der Waals surface area contributed by atoms with Gasteiger partial charge in [-0.3, -0.25) is 24.7 Å². The van der Waals surface area contributed by atoms with Gasteiger partial charge in [-0.1, -0.05) is 6.92 Å². The van der Waals surface area contributed by atoms with Crippen LogP contribution in [0.4, 0.5) is 0 Å². The summed E-state index contributed by atoms with van der Waals surface area (Å²) in [6.07, 6.45) is 3.55. The minimum atomic E-state index is -0.606. The molecule has 1 aromatic rings. The largest absolute Gasteiger partial charge is 0.317 e. The molecule has 6 nitrogen and oxygen atoms in total. The van der Waals surface area contributed by atoms with Crippen molar-refractivity contribution in [3.8, 4) is 0 Å². The third kappa shape index (κ3) is 2.62. The highest BCUT2D eigenvalue weighted by atomic mass is 16.2. The molecule has 1 unspecified atom stereocenters. The Balaban J connectivity index is 2.30. The number of rotatable bonds is 2. The lowest BCUT2D eigenvalue weighted by atomic mass is 10.1. The summed E-state index contributed by atoms with van der Waals surface area (Å²) in [5.41, 5.74) is 1.24. The van der Waals surface area contributed by atoms with Crippen molar-refractivity contribution in [2.75, 3.05) is 6.54 Å². The summed E-state index contributed by atoms with van der Waals surface area (Å²) in [7, 11) is 0. The Morgan fingerprint density at radius 2 is 2.21 bits per heavy atom. The topological polar surface area (TPSA) is 79.4 Å². The highest BCUT2D eigenvalue weighted by molar-refractivity contribution is 6.07. The summed E-state index contributed by atoms with van der Waals surface area (Å²) >= 11 is 0. The number of piperazine rings is 1. The van der Waals surface area contributed by atoms with Gasteiger partial charge in [0.05, 0.1) is 5.56 Å². The van der Waals surface area contributed by atoms with E-state index in [-0.39, 0.29) is 12.5 Å². The van der Waals surface area contributed by atoms with E-state index in [2.05, 4.69) is 10.3 Å². The Hall–Kier alpha value is -2.24. The van der Waals surface area contributed by atoms with Crippen molar-refractivity contribution >= 4 is 17.7 Å². The summed E-state index contributed by atoms with van der Waals surface area (Å²) in [4.78, 5) is 40.7. The number of carbonyl (C=O) groups excluding carboxylic acids is 3. The first-order chi connectivity index (χ1) is 9.02. The number of nitrogens with zero attached hydrogens (tertiary/aromatic N) is 2. The number of hydrogen-bond donors (Lipinski definition) is 1. The number of aryl methyl sites for hydroxylation is 1. The zero-order chi connectivity index (χ0) is 14.0. The highest BCUT2D eigenvalue weighted by Crippen LogP contribution is 2.14. The number of pyridine rings is 1. The highest BCUT2D eigenvalue weighted by Gasteiger charge is 2.35. The van der Waals surface area contributed by atoms with E-state index in [4.69, 9.17) is 0 Å². The molecule has 100 valence electrons. The van der Waals surface area contributed by atoms with Crippen molar-refractivity contribution in [2.24, 2.45) is 0 Å². The first-order valence-corrected chi connectivity index (χ1v) is 6.09. The lowest BCUT2D eigenvalue weighted by Gasteiger charge is -2.33. The van der Waals surface area contributed by atoms with Gasteiger partial charge in [-0.15, -0.1) is 0 Å². The average molecular weight is 261 g/mol. The summed E-state index contributed by atoms with van der Waals surface area (Å²) in [6, 6.07) is 1.09. The van der Waals surface area contributed by atoms with Gasteiger partial charge in [0.25, 0.3) is 5.91 Å². The molecule has 2 heterocycles. The van der Waals surface area contributed by atoms with E-state index >= 15 is 0 Å². The molecule has 0 spiro atoms. The minimum absolute atomic E-state index is 0.100. The van der Waals surface area contributed by atoms with Crippen LogP contribution in [0, 0.1) is 6.92 Å². The molecule has 6 heteroatoms. The lowest BCUT2D eigenvalue weighted by Crippen LogP contribution is -2.59. The zero-order valence-electron chi connectivity index (χ0n) is 10.8. The second-order valence-corrected chi connectivity index (χ2v) is 4.52. The van der Waals surface area contributed by atoms with Crippen LogP contribution < -0.4 is 5.32 Å². The van der Waals surface area contributed by atoms with Crippen molar-refractivity contribution in [1.82, 2.24) is 15.2 Å². The SMILES string of the molecule is CCC1C(=O)NC(=O)CN1C(=O)c1cncc(C)c1. The number of aromatic nitrogens is 1. The molecular formula is C13H15N3O3. The third-order valence-electron chi connectivity index (χ3n) is 3.02. The van der Waals surface area contributed by atoms with E-state index in [1.165, 1.54) is 11.1 Å². The first kappa shape index (κ1) is 13.2. The van der Waals surface area contributed by atoms with E-state index in [0.717, 1.165) is 5.56 Å². The number of carbonyl (C=O) groups is 3. The molecular weight excluding hydrogens is 246 g/mol. The number of nitrogens with one attached hydrogen (secondary N) is 1.